The van der Waals surface area contributed by atoms with Crippen molar-refractivity contribution in [2.75, 3.05) is 46.9 Å². The smallest absolute Gasteiger partial charge is 0.241 e. The van der Waals surface area contributed by atoms with Crippen molar-refractivity contribution in [1.29, 1.82) is 0 Å². The first-order chi connectivity index (χ1) is 13.8. The summed E-state index contributed by atoms with van der Waals surface area (Å²) in [5.74, 6) is 1.16. The lowest BCUT2D eigenvalue weighted by Crippen LogP contribution is -2.47. The quantitative estimate of drug-likeness (QED) is 0.737. The highest BCUT2D eigenvalue weighted by molar-refractivity contribution is 5.85. The predicted molar refractivity (Wildman–Crippen MR) is 109 cm³/mol. The fourth-order valence-electron chi connectivity index (χ4n) is 3.85. The molecular weight excluding hydrogens is 370 g/mol. The number of likely N-dealkylation sites (tertiary alicyclic amines) is 1. The van der Waals surface area contributed by atoms with E-state index in [4.69, 9.17) is 4.74 Å². The van der Waals surface area contributed by atoms with Crippen LogP contribution in [0.4, 0.5) is 0 Å². The minimum absolute atomic E-state index is 0.0174. The van der Waals surface area contributed by atoms with Crippen LogP contribution in [0, 0.1) is 0 Å². The number of likely N-dealkylation sites (N-methyl/N-ethyl adjacent to an activating group) is 1. The standard InChI is InChI=1S/C21H33N5O3/c1-16(2)20-22-12-17(13-23-20)14-25-7-5-21(6-8-25)11-18(27)26(9-10-29-21)15-19(28)24(3)4/h12-13,16H,5-11,14-15H2,1-4H3. The van der Waals surface area contributed by atoms with Gasteiger partial charge in [0.05, 0.1) is 25.2 Å². The number of carbonyl (C=O) groups excluding carboxylic acids is 2. The maximum Gasteiger partial charge on any atom is 0.241 e. The Morgan fingerprint density at radius 2 is 1.86 bits per heavy atom. The zero-order valence-corrected chi connectivity index (χ0v) is 18.1. The molecule has 8 heteroatoms. The first-order valence-corrected chi connectivity index (χ1v) is 10.4. The third-order valence-corrected chi connectivity index (χ3v) is 5.84. The van der Waals surface area contributed by atoms with Crippen molar-refractivity contribution < 1.29 is 14.3 Å². The molecule has 2 saturated heterocycles. The number of rotatable bonds is 5. The number of piperidine rings is 1. The maximum atomic E-state index is 12.8. The normalized spacial score (nSPS) is 20.2. The van der Waals surface area contributed by atoms with Crippen LogP contribution < -0.4 is 0 Å². The van der Waals surface area contributed by atoms with Gasteiger partial charge in [0.2, 0.25) is 11.8 Å². The SMILES string of the molecule is CC(C)c1ncc(CN2CCC3(CC2)CC(=O)N(CC(=O)N(C)C)CCO3)cn1. The van der Waals surface area contributed by atoms with Gasteiger partial charge in [-0.1, -0.05) is 13.8 Å². The second kappa shape index (κ2) is 9.17. The monoisotopic (exact) mass is 403 g/mol. The highest BCUT2D eigenvalue weighted by Crippen LogP contribution is 2.32. The molecule has 0 unspecified atom stereocenters. The Labute approximate surface area is 173 Å². The molecule has 1 aromatic rings. The number of hydrogen-bond donors (Lipinski definition) is 0. The number of hydrogen-bond acceptors (Lipinski definition) is 6. The van der Waals surface area contributed by atoms with Crippen molar-refractivity contribution in [3.63, 3.8) is 0 Å². The maximum absolute atomic E-state index is 12.8. The van der Waals surface area contributed by atoms with Crippen LogP contribution in [0.2, 0.25) is 0 Å². The van der Waals surface area contributed by atoms with Crippen LogP contribution >= 0.6 is 0 Å². The summed E-state index contributed by atoms with van der Waals surface area (Å²) in [4.78, 5) is 39.2. The van der Waals surface area contributed by atoms with Crippen molar-refractivity contribution in [2.24, 2.45) is 0 Å². The van der Waals surface area contributed by atoms with Gasteiger partial charge < -0.3 is 14.5 Å². The van der Waals surface area contributed by atoms with Gasteiger partial charge in [0.25, 0.3) is 0 Å². The zero-order valence-electron chi connectivity index (χ0n) is 18.1. The Morgan fingerprint density at radius 3 is 2.45 bits per heavy atom. The van der Waals surface area contributed by atoms with E-state index in [0.29, 0.717) is 25.5 Å². The van der Waals surface area contributed by atoms with Gasteiger partial charge in [-0.25, -0.2) is 9.97 Å². The fraction of sp³-hybridized carbons (Fsp3) is 0.714. The van der Waals surface area contributed by atoms with Crippen LogP contribution in [0.1, 0.15) is 50.4 Å². The molecule has 0 radical (unpaired) electrons. The molecule has 8 nitrogen and oxygen atoms in total. The lowest BCUT2D eigenvalue weighted by atomic mass is 9.87. The number of amides is 2. The summed E-state index contributed by atoms with van der Waals surface area (Å²) < 4.78 is 6.18. The number of aromatic nitrogens is 2. The first kappa shape index (κ1) is 21.6. The van der Waals surface area contributed by atoms with Crippen LogP contribution in [-0.4, -0.2) is 89.0 Å². The van der Waals surface area contributed by atoms with Gasteiger partial charge in [0.15, 0.2) is 0 Å². The lowest BCUT2D eigenvalue weighted by Gasteiger charge is -2.40. The van der Waals surface area contributed by atoms with Gasteiger partial charge in [-0.2, -0.15) is 0 Å². The topological polar surface area (TPSA) is 78.9 Å². The van der Waals surface area contributed by atoms with E-state index >= 15 is 0 Å². The summed E-state index contributed by atoms with van der Waals surface area (Å²) >= 11 is 0. The van der Waals surface area contributed by atoms with Gasteiger partial charge in [-0.15, -0.1) is 0 Å². The molecule has 2 aliphatic rings. The van der Waals surface area contributed by atoms with Crippen molar-refractivity contribution in [1.82, 2.24) is 24.7 Å². The van der Waals surface area contributed by atoms with Gasteiger partial charge in [0, 0.05) is 64.1 Å². The molecule has 0 N–H and O–H groups in total. The average Bonchev–Trinajstić information content (AvgIpc) is 2.83. The van der Waals surface area contributed by atoms with Gasteiger partial charge in [-0.3, -0.25) is 14.5 Å². The molecule has 0 atom stereocenters. The molecule has 29 heavy (non-hydrogen) atoms. The Bertz CT molecular complexity index is 712. The summed E-state index contributed by atoms with van der Waals surface area (Å²) in [6.07, 6.45) is 5.82. The molecule has 2 amide bonds. The van der Waals surface area contributed by atoms with Gasteiger partial charge in [0.1, 0.15) is 5.82 Å². The Morgan fingerprint density at radius 1 is 1.21 bits per heavy atom. The Kier molecular flexibility index (Phi) is 6.85. The molecule has 1 spiro atoms. The van der Waals surface area contributed by atoms with Crippen LogP contribution in [0.15, 0.2) is 12.4 Å². The van der Waals surface area contributed by atoms with Crippen molar-refractivity contribution >= 4 is 11.8 Å². The third-order valence-electron chi connectivity index (χ3n) is 5.84. The second-order valence-electron chi connectivity index (χ2n) is 8.69. The van der Waals surface area contributed by atoms with E-state index in [1.54, 1.807) is 19.0 Å². The van der Waals surface area contributed by atoms with E-state index in [2.05, 4.69) is 28.7 Å². The summed E-state index contributed by atoms with van der Waals surface area (Å²) in [6.45, 7) is 7.82. The van der Waals surface area contributed by atoms with Crippen molar-refractivity contribution in [3.05, 3.63) is 23.8 Å². The zero-order chi connectivity index (χ0) is 21.0. The summed E-state index contributed by atoms with van der Waals surface area (Å²) in [7, 11) is 3.42. The summed E-state index contributed by atoms with van der Waals surface area (Å²) in [6, 6.07) is 0. The molecule has 2 fully saturated rings. The van der Waals surface area contributed by atoms with Gasteiger partial charge >= 0.3 is 0 Å². The van der Waals surface area contributed by atoms with E-state index in [1.165, 1.54) is 4.90 Å². The van der Waals surface area contributed by atoms with E-state index < -0.39 is 5.60 Å². The fourth-order valence-corrected chi connectivity index (χ4v) is 3.85. The summed E-state index contributed by atoms with van der Waals surface area (Å²) in [5.41, 5.74) is 0.707. The van der Waals surface area contributed by atoms with Gasteiger partial charge in [-0.05, 0) is 12.8 Å². The average molecular weight is 404 g/mol. The minimum atomic E-state index is -0.401. The molecule has 0 bridgehead atoms. The Hall–Kier alpha value is -2.06. The first-order valence-electron chi connectivity index (χ1n) is 10.4. The molecule has 160 valence electrons. The molecule has 0 aromatic carbocycles. The van der Waals surface area contributed by atoms with Crippen LogP contribution in [0.5, 0.6) is 0 Å². The Balaban J connectivity index is 1.53. The number of carbonyl (C=O) groups is 2. The van der Waals surface area contributed by atoms with E-state index in [1.807, 2.05) is 12.4 Å². The van der Waals surface area contributed by atoms with E-state index in [-0.39, 0.29) is 18.4 Å². The van der Waals surface area contributed by atoms with Crippen LogP contribution in [0.25, 0.3) is 0 Å². The number of nitrogens with zero attached hydrogens (tertiary/aromatic N) is 5. The van der Waals surface area contributed by atoms with E-state index in [9.17, 15) is 9.59 Å². The van der Waals surface area contributed by atoms with Crippen LogP contribution in [-0.2, 0) is 20.9 Å². The van der Waals surface area contributed by atoms with Crippen molar-refractivity contribution in [2.45, 2.75) is 51.2 Å². The lowest BCUT2D eigenvalue weighted by molar-refractivity contribution is -0.140. The molecular formula is C21H33N5O3. The highest BCUT2D eigenvalue weighted by atomic mass is 16.5. The molecule has 0 saturated carbocycles. The molecule has 3 rings (SSSR count). The minimum Gasteiger partial charge on any atom is -0.373 e. The second-order valence-corrected chi connectivity index (χ2v) is 8.69. The number of ether oxygens (including phenoxy) is 1. The third kappa shape index (κ3) is 5.51. The highest BCUT2D eigenvalue weighted by Gasteiger charge is 2.40. The molecule has 3 heterocycles. The molecule has 2 aliphatic heterocycles. The summed E-state index contributed by atoms with van der Waals surface area (Å²) in [5, 5.41) is 0. The van der Waals surface area contributed by atoms with Crippen molar-refractivity contribution in [3.8, 4) is 0 Å². The van der Waals surface area contributed by atoms with Crippen LogP contribution in [0.3, 0.4) is 0 Å². The molecule has 0 aliphatic carbocycles. The largest absolute Gasteiger partial charge is 0.373 e. The van der Waals surface area contributed by atoms with E-state index in [0.717, 1.165) is 43.9 Å². The molecule has 1 aromatic heterocycles. The predicted octanol–water partition coefficient (Wildman–Crippen LogP) is 1.27.